The minimum atomic E-state index is -0.954. The maximum Gasteiger partial charge on any atom is 0.262 e. The van der Waals surface area contributed by atoms with Crippen molar-refractivity contribution in [3.63, 3.8) is 0 Å². The third kappa shape index (κ3) is 3.29. The van der Waals surface area contributed by atoms with Crippen LogP contribution in [-0.4, -0.2) is 34.6 Å². The van der Waals surface area contributed by atoms with Crippen LogP contribution in [0.1, 0.15) is 57.5 Å². The molecule has 8 heteroatoms. The number of hydrogen-bond donors (Lipinski definition) is 3. The normalized spacial score (nSPS) is 21.8. The first-order valence-corrected chi connectivity index (χ1v) is 10.3. The summed E-state index contributed by atoms with van der Waals surface area (Å²) in [5.41, 5.74) is 9.13. The number of amides is 4. The maximum absolute atomic E-state index is 13.0. The highest BCUT2D eigenvalue weighted by atomic mass is 16.2. The van der Waals surface area contributed by atoms with Crippen LogP contribution in [-0.2, 0) is 21.7 Å². The molecule has 3 aliphatic rings. The van der Waals surface area contributed by atoms with Gasteiger partial charge in [0, 0.05) is 24.2 Å². The van der Waals surface area contributed by atoms with Gasteiger partial charge in [-0.2, -0.15) is 0 Å². The van der Waals surface area contributed by atoms with E-state index >= 15 is 0 Å². The SMILES string of the molecule is Nc1cccc(C2(NCc3ccc4c(c3)C(=O)N(C3CCC(=O)NC3=O)C4=O)CC2)c1. The molecule has 1 saturated carbocycles. The van der Waals surface area contributed by atoms with Gasteiger partial charge in [-0.25, -0.2) is 0 Å². The predicted molar refractivity (Wildman–Crippen MR) is 112 cm³/mol. The van der Waals surface area contributed by atoms with Crippen molar-refractivity contribution >= 4 is 29.3 Å². The summed E-state index contributed by atoms with van der Waals surface area (Å²) in [5.74, 6) is -1.98. The Balaban J connectivity index is 1.34. The topological polar surface area (TPSA) is 122 Å². The molecule has 158 valence electrons. The number of fused-ring (bicyclic) bond motifs is 1. The van der Waals surface area contributed by atoms with Crippen molar-refractivity contribution < 1.29 is 19.2 Å². The second-order valence-corrected chi connectivity index (χ2v) is 8.39. The van der Waals surface area contributed by atoms with Crippen LogP contribution in [0.4, 0.5) is 5.69 Å². The fourth-order valence-electron chi connectivity index (χ4n) is 4.43. The average molecular weight is 418 g/mol. The van der Waals surface area contributed by atoms with E-state index in [4.69, 9.17) is 5.73 Å². The molecule has 0 radical (unpaired) electrons. The number of imide groups is 2. The van der Waals surface area contributed by atoms with Crippen molar-refractivity contribution in [2.24, 2.45) is 0 Å². The van der Waals surface area contributed by atoms with Gasteiger partial charge in [0.2, 0.25) is 11.8 Å². The zero-order chi connectivity index (χ0) is 21.8. The van der Waals surface area contributed by atoms with Gasteiger partial charge in [0.1, 0.15) is 6.04 Å². The summed E-state index contributed by atoms with van der Waals surface area (Å²) in [6, 6.07) is 12.0. The Morgan fingerprint density at radius 1 is 1.03 bits per heavy atom. The number of anilines is 1. The zero-order valence-electron chi connectivity index (χ0n) is 16.8. The molecule has 2 aromatic carbocycles. The molecular formula is C23H22N4O4. The van der Waals surface area contributed by atoms with Crippen LogP contribution in [0.15, 0.2) is 42.5 Å². The molecule has 0 aromatic heterocycles. The molecule has 5 rings (SSSR count). The molecular weight excluding hydrogens is 396 g/mol. The van der Waals surface area contributed by atoms with Crippen molar-refractivity contribution in [1.29, 1.82) is 0 Å². The van der Waals surface area contributed by atoms with Crippen LogP contribution in [0.5, 0.6) is 0 Å². The van der Waals surface area contributed by atoms with Crippen LogP contribution in [0, 0.1) is 0 Å². The summed E-state index contributed by atoms with van der Waals surface area (Å²) in [6.07, 6.45) is 2.25. The lowest BCUT2D eigenvalue weighted by molar-refractivity contribution is -0.136. The number of piperidine rings is 1. The fraction of sp³-hybridized carbons (Fsp3) is 0.304. The zero-order valence-corrected chi connectivity index (χ0v) is 16.8. The molecule has 4 N–H and O–H groups in total. The van der Waals surface area contributed by atoms with Gasteiger partial charge in [0.05, 0.1) is 11.1 Å². The van der Waals surface area contributed by atoms with Gasteiger partial charge in [-0.3, -0.25) is 29.4 Å². The van der Waals surface area contributed by atoms with E-state index in [-0.39, 0.29) is 29.9 Å². The number of hydrogen-bond acceptors (Lipinski definition) is 6. The molecule has 31 heavy (non-hydrogen) atoms. The van der Waals surface area contributed by atoms with E-state index in [1.54, 1.807) is 12.1 Å². The van der Waals surface area contributed by atoms with E-state index in [0.717, 1.165) is 34.6 Å². The van der Waals surface area contributed by atoms with Crippen molar-refractivity contribution in [2.75, 3.05) is 5.73 Å². The Morgan fingerprint density at radius 2 is 1.81 bits per heavy atom. The van der Waals surface area contributed by atoms with Crippen LogP contribution < -0.4 is 16.4 Å². The molecule has 1 aliphatic carbocycles. The van der Waals surface area contributed by atoms with Crippen LogP contribution >= 0.6 is 0 Å². The number of nitrogens with two attached hydrogens (primary N) is 1. The van der Waals surface area contributed by atoms with Gasteiger partial charge in [-0.1, -0.05) is 18.2 Å². The van der Waals surface area contributed by atoms with Crippen molar-refractivity contribution in [3.05, 3.63) is 64.7 Å². The number of carbonyl (C=O) groups excluding carboxylic acids is 4. The van der Waals surface area contributed by atoms with E-state index in [2.05, 4.69) is 16.7 Å². The maximum atomic E-state index is 13.0. The summed E-state index contributed by atoms with van der Waals surface area (Å²) in [7, 11) is 0. The molecule has 1 saturated heterocycles. The first-order valence-electron chi connectivity index (χ1n) is 10.3. The van der Waals surface area contributed by atoms with Gasteiger partial charge in [0.15, 0.2) is 0 Å². The molecule has 8 nitrogen and oxygen atoms in total. The lowest BCUT2D eigenvalue weighted by atomic mass is 10.0. The number of carbonyl (C=O) groups is 4. The van der Waals surface area contributed by atoms with Crippen LogP contribution in [0.25, 0.3) is 0 Å². The number of nitrogen functional groups attached to an aromatic ring is 1. The summed E-state index contributed by atoms with van der Waals surface area (Å²) in [5, 5.41) is 5.77. The third-order valence-electron chi connectivity index (χ3n) is 6.32. The third-order valence-corrected chi connectivity index (χ3v) is 6.32. The number of benzene rings is 2. The molecule has 0 bridgehead atoms. The molecule has 4 amide bonds. The van der Waals surface area contributed by atoms with Crippen molar-refractivity contribution in [1.82, 2.24) is 15.5 Å². The predicted octanol–water partition coefficient (Wildman–Crippen LogP) is 1.45. The molecule has 1 unspecified atom stereocenters. The number of rotatable bonds is 5. The summed E-state index contributed by atoms with van der Waals surface area (Å²) < 4.78 is 0. The summed E-state index contributed by atoms with van der Waals surface area (Å²) >= 11 is 0. The number of nitrogens with one attached hydrogen (secondary N) is 2. The van der Waals surface area contributed by atoms with Gasteiger partial charge >= 0.3 is 0 Å². The first-order chi connectivity index (χ1) is 14.9. The Labute approximate surface area is 178 Å². The first kappa shape index (κ1) is 19.4. The van der Waals surface area contributed by atoms with E-state index in [1.807, 2.05) is 24.3 Å². The van der Waals surface area contributed by atoms with Crippen molar-refractivity contribution in [3.8, 4) is 0 Å². The number of nitrogens with zero attached hydrogens (tertiary/aromatic N) is 1. The molecule has 2 aromatic rings. The smallest absolute Gasteiger partial charge is 0.262 e. The van der Waals surface area contributed by atoms with Gasteiger partial charge in [0.25, 0.3) is 11.8 Å². The van der Waals surface area contributed by atoms with Crippen molar-refractivity contribution in [2.45, 2.75) is 43.8 Å². The van der Waals surface area contributed by atoms with E-state index < -0.39 is 23.8 Å². The van der Waals surface area contributed by atoms with Gasteiger partial charge < -0.3 is 11.1 Å². The highest BCUT2D eigenvalue weighted by Gasteiger charge is 2.45. The monoisotopic (exact) mass is 418 g/mol. The molecule has 0 spiro atoms. The average Bonchev–Trinajstić information content (AvgIpc) is 3.50. The standard InChI is InChI=1S/C23H22N4O4/c24-15-3-1-2-14(11-15)23(8-9-23)25-12-13-4-5-16-17(10-13)22(31)27(21(16)30)18-6-7-19(28)26-20(18)29/h1-5,10-11,18,25H,6-9,12,24H2,(H,26,28,29). The van der Waals surface area contributed by atoms with E-state index in [1.165, 1.54) is 0 Å². The fourth-order valence-corrected chi connectivity index (χ4v) is 4.43. The lowest BCUT2D eigenvalue weighted by Crippen LogP contribution is -2.54. The Hall–Kier alpha value is -3.52. The highest BCUT2D eigenvalue weighted by molar-refractivity contribution is 6.23. The molecule has 2 heterocycles. The van der Waals surface area contributed by atoms with Gasteiger partial charge in [-0.15, -0.1) is 0 Å². The Kier molecular flexibility index (Phi) is 4.40. The molecule has 2 fully saturated rings. The van der Waals surface area contributed by atoms with Gasteiger partial charge in [-0.05, 0) is 54.7 Å². The van der Waals surface area contributed by atoms with Crippen LogP contribution in [0.3, 0.4) is 0 Å². The Bertz CT molecular complexity index is 1140. The summed E-state index contributed by atoms with van der Waals surface area (Å²) in [4.78, 5) is 50.3. The minimum Gasteiger partial charge on any atom is -0.399 e. The van der Waals surface area contributed by atoms with Crippen LogP contribution in [0.2, 0.25) is 0 Å². The second-order valence-electron chi connectivity index (χ2n) is 8.39. The molecule has 2 aliphatic heterocycles. The summed E-state index contributed by atoms with van der Waals surface area (Å²) in [6.45, 7) is 0.530. The minimum absolute atomic E-state index is 0.102. The molecule has 1 atom stereocenters. The van der Waals surface area contributed by atoms with E-state index in [9.17, 15) is 19.2 Å². The van der Waals surface area contributed by atoms with E-state index in [0.29, 0.717) is 12.1 Å². The second kappa shape index (κ2) is 7.02. The lowest BCUT2D eigenvalue weighted by Gasteiger charge is -2.27. The largest absolute Gasteiger partial charge is 0.399 e. The highest BCUT2D eigenvalue weighted by Crippen LogP contribution is 2.46. The quantitative estimate of drug-likeness (QED) is 0.499. The Morgan fingerprint density at radius 3 is 2.52 bits per heavy atom.